The van der Waals surface area contributed by atoms with Crippen LogP contribution in [0.15, 0.2) is 12.4 Å². The maximum absolute atomic E-state index is 11.3. The summed E-state index contributed by atoms with van der Waals surface area (Å²) in [4.78, 5) is 15.5. The van der Waals surface area contributed by atoms with Gasteiger partial charge >= 0.3 is 0 Å². The number of imidazole rings is 1. The molecule has 1 atom stereocenters. The van der Waals surface area contributed by atoms with Crippen molar-refractivity contribution in [3.05, 3.63) is 18.2 Å². The van der Waals surface area contributed by atoms with Crippen molar-refractivity contribution in [2.45, 2.75) is 32.3 Å². The molecule has 1 rings (SSSR count). The number of aromatic nitrogens is 2. The van der Waals surface area contributed by atoms with Crippen molar-refractivity contribution in [3.63, 3.8) is 0 Å². The van der Waals surface area contributed by atoms with E-state index in [0.717, 1.165) is 12.2 Å². The van der Waals surface area contributed by atoms with Gasteiger partial charge in [-0.15, -0.1) is 0 Å². The molecule has 0 saturated carbocycles. The van der Waals surface area contributed by atoms with Crippen LogP contribution in [0.5, 0.6) is 0 Å². The first-order valence-corrected chi connectivity index (χ1v) is 5.50. The smallest absolute Gasteiger partial charge is 0.220 e. The third-order valence-electron chi connectivity index (χ3n) is 2.38. The third-order valence-corrected chi connectivity index (χ3v) is 2.38. The molecule has 1 aromatic heterocycles. The molecule has 0 bridgehead atoms. The van der Waals surface area contributed by atoms with Gasteiger partial charge in [-0.25, -0.2) is 4.98 Å². The minimum atomic E-state index is -0.416. The molecule has 0 saturated heterocycles. The van der Waals surface area contributed by atoms with Crippen LogP contribution in [-0.4, -0.2) is 33.2 Å². The Labute approximate surface area is 95.5 Å². The summed E-state index contributed by atoms with van der Waals surface area (Å²) < 4.78 is 1.93. The van der Waals surface area contributed by atoms with Gasteiger partial charge in [-0.3, -0.25) is 4.79 Å². The first kappa shape index (κ1) is 12.7. The molecular formula is C11H19N3O2. The van der Waals surface area contributed by atoms with Gasteiger partial charge < -0.3 is 15.0 Å². The number of carbonyl (C=O) groups is 1. The predicted octanol–water partition coefficient (Wildman–Crippen LogP) is 0.240. The highest BCUT2D eigenvalue weighted by Gasteiger charge is 2.04. The number of aliphatic hydroxyl groups excluding tert-OH is 1. The lowest BCUT2D eigenvalue weighted by Gasteiger charge is -2.06. The molecule has 16 heavy (non-hydrogen) atoms. The van der Waals surface area contributed by atoms with E-state index >= 15 is 0 Å². The Bertz CT molecular complexity index is 334. The second-order valence-electron chi connectivity index (χ2n) is 3.94. The minimum Gasteiger partial charge on any atom is -0.393 e. The van der Waals surface area contributed by atoms with Crippen molar-refractivity contribution >= 4 is 5.91 Å². The summed E-state index contributed by atoms with van der Waals surface area (Å²) in [5.41, 5.74) is 0. The summed E-state index contributed by atoms with van der Waals surface area (Å²) in [5, 5.41) is 11.8. The SMILES string of the molecule is CC(O)CCC(=O)NCCc1nccn1C. The number of aliphatic hydroxyl groups is 1. The second-order valence-corrected chi connectivity index (χ2v) is 3.94. The number of nitrogens with one attached hydrogen (secondary N) is 1. The predicted molar refractivity (Wildman–Crippen MR) is 60.8 cm³/mol. The van der Waals surface area contributed by atoms with Crippen molar-refractivity contribution in [2.75, 3.05) is 6.54 Å². The van der Waals surface area contributed by atoms with Crippen LogP contribution in [0.4, 0.5) is 0 Å². The number of hydrogen-bond acceptors (Lipinski definition) is 3. The van der Waals surface area contributed by atoms with Gasteiger partial charge in [-0.1, -0.05) is 0 Å². The van der Waals surface area contributed by atoms with Crippen LogP contribution in [0.1, 0.15) is 25.6 Å². The summed E-state index contributed by atoms with van der Waals surface area (Å²) in [6, 6.07) is 0. The van der Waals surface area contributed by atoms with Crippen molar-refractivity contribution in [2.24, 2.45) is 7.05 Å². The number of hydrogen-bond donors (Lipinski definition) is 2. The largest absolute Gasteiger partial charge is 0.393 e. The molecule has 0 radical (unpaired) electrons. The summed E-state index contributed by atoms with van der Waals surface area (Å²) >= 11 is 0. The van der Waals surface area contributed by atoms with Crippen molar-refractivity contribution in [3.8, 4) is 0 Å². The third kappa shape index (κ3) is 4.44. The molecule has 5 heteroatoms. The van der Waals surface area contributed by atoms with Crippen molar-refractivity contribution < 1.29 is 9.90 Å². The highest BCUT2D eigenvalue weighted by molar-refractivity contribution is 5.75. The van der Waals surface area contributed by atoms with E-state index < -0.39 is 6.10 Å². The molecule has 0 aliphatic heterocycles. The normalized spacial score (nSPS) is 12.4. The Morgan fingerprint density at radius 1 is 1.69 bits per heavy atom. The highest BCUT2D eigenvalue weighted by atomic mass is 16.3. The van der Waals surface area contributed by atoms with E-state index in [9.17, 15) is 4.79 Å². The molecule has 1 heterocycles. The zero-order valence-electron chi connectivity index (χ0n) is 9.81. The van der Waals surface area contributed by atoms with Crippen LogP contribution >= 0.6 is 0 Å². The molecule has 90 valence electrons. The van der Waals surface area contributed by atoms with E-state index in [1.807, 2.05) is 17.8 Å². The maximum Gasteiger partial charge on any atom is 0.220 e. The fourth-order valence-electron chi connectivity index (χ4n) is 1.38. The molecule has 5 nitrogen and oxygen atoms in total. The van der Waals surface area contributed by atoms with Gasteiger partial charge in [-0.2, -0.15) is 0 Å². The lowest BCUT2D eigenvalue weighted by Crippen LogP contribution is -2.26. The molecule has 0 aromatic carbocycles. The van der Waals surface area contributed by atoms with Gasteiger partial charge in [0.15, 0.2) is 0 Å². The van der Waals surface area contributed by atoms with Crippen LogP contribution in [0.25, 0.3) is 0 Å². The van der Waals surface area contributed by atoms with E-state index in [-0.39, 0.29) is 5.91 Å². The van der Waals surface area contributed by atoms with Crippen molar-refractivity contribution in [1.29, 1.82) is 0 Å². The zero-order valence-corrected chi connectivity index (χ0v) is 9.81. The second kappa shape index (κ2) is 6.27. The molecule has 0 spiro atoms. The van der Waals surface area contributed by atoms with Crippen LogP contribution < -0.4 is 5.32 Å². The standard InChI is InChI=1S/C11H19N3O2/c1-9(15)3-4-11(16)13-6-5-10-12-7-8-14(10)2/h7-9,15H,3-6H2,1-2H3,(H,13,16). The molecule has 0 fully saturated rings. The quantitative estimate of drug-likeness (QED) is 0.728. The Morgan fingerprint density at radius 2 is 2.44 bits per heavy atom. The highest BCUT2D eigenvalue weighted by Crippen LogP contribution is 1.96. The average molecular weight is 225 g/mol. The number of carbonyl (C=O) groups excluding carboxylic acids is 1. The fraction of sp³-hybridized carbons (Fsp3) is 0.636. The molecule has 0 aliphatic rings. The van der Waals surface area contributed by atoms with Gasteiger partial charge in [0.1, 0.15) is 5.82 Å². The summed E-state index contributed by atoms with van der Waals surface area (Å²) in [6.07, 6.45) is 4.81. The van der Waals surface area contributed by atoms with E-state index in [4.69, 9.17) is 5.11 Å². The van der Waals surface area contributed by atoms with E-state index in [1.54, 1.807) is 13.1 Å². The van der Waals surface area contributed by atoms with Crippen LogP contribution in [0, 0.1) is 0 Å². The van der Waals surface area contributed by atoms with Crippen LogP contribution in [0.3, 0.4) is 0 Å². The van der Waals surface area contributed by atoms with Gasteiger partial charge in [0.2, 0.25) is 5.91 Å². The Hall–Kier alpha value is -1.36. The van der Waals surface area contributed by atoms with Crippen LogP contribution in [-0.2, 0) is 18.3 Å². The van der Waals surface area contributed by atoms with E-state index in [2.05, 4.69) is 10.3 Å². The average Bonchev–Trinajstić information content (AvgIpc) is 2.61. The number of rotatable bonds is 6. The van der Waals surface area contributed by atoms with Crippen LogP contribution in [0.2, 0.25) is 0 Å². The summed E-state index contributed by atoms with van der Waals surface area (Å²) in [6.45, 7) is 2.27. The first-order chi connectivity index (χ1) is 7.59. The lowest BCUT2D eigenvalue weighted by molar-refractivity contribution is -0.121. The fourth-order valence-corrected chi connectivity index (χ4v) is 1.38. The minimum absolute atomic E-state index is 0.0184. The Balaban J connectivity index is 2.16. The molecular weight excluding hydrogens is 206 g/mol. The van der Waals surface area contributed by atoms with E-state index in [1.165, 1.54) is 0 Å². The molecule has 1 amide bonds. The Morgan fingerprint density at radius 3 is 3.00 bits per heavy atom. The lowest BCUT2D eigenvalue weighted by atomic mass is 10.2. The van der Waals surface area contributed by atoms with Gasteiger partial charge in [-0.05, 0) is 13.3 Å². The maximum atomic E-state index is 11.3. The van der Waals surface area contributed by atoms with Crippen molar-refractivity contribution in [1.82, 2.24) is 14.9 Å². The number of nitrogens with zero attached hydrogens (tertiary/aromatic N) is 2. The molecule has 0 aliphatic carbocycles. The topological polar surface area (TPSA) is 67.2 Å². The molecule has 1 unspecified atom stereocenters. The zero-order chi connectivity index (χ0) is 12.0. The number of aryl methyl sites for hydroxylation is 1. The first-order valence-electron chi connectivity index (χ1n) is 5.50. The Kier molecular flexibility index (Phi) is 4.98. The monoisotopic (exact) mass is 225 g/mol. The number of amides is 1. The van der Waals surface area contributed by atoms with E-state index in [0.29, 0.717) is 19.4 Å². The summed E-state index contributed by atoms with van der Waals surface area (Å²) in [5.74, 6) is 0.936. The summed E-state index contributed by atoms with van der Waals surface area (Å²) in [7, 11) is 1.93. The van der Waals surface area contributed by atoms with Gasteiger partial charge in [0.25, 0.3) is 0 Å². The van der Waals surface area contributed by atoms with Gasteiger partial charge in [0.05, 0.1) is 6.10 Å². The molecule has 2 N–H and O–H groups in total. The molecule has 1 aromatic rings. The van der Waals surface area contributed by atoms with Gasteiger partial charge in [0, 0.05) is 38.8 Å².